The van der Waals surface area contributed by atoms with Crippen LogP contribution < -0.4 is 4.90 Å². The fourth-order valence-electron chi connectivity index (χ4n) is 1.95. The van der Waals surface area contributed by atoms with Crippen LogP contribution in [0.3, 0.4) is 0 Å². The van der Waals surface area contributed by atoms with Crippen molar-refractivity contribution in [3.63, 3.8) is 0 Å². The standard InChI is InChI=1S/C12H10BrNO4/c1-6-3-7(13)4-8-10(6)14(5-9(15)18-2)12(17)11(8)16/h3-4H,5H2,1-2H3. The number of hydrogen-bond donors (Lipinski definition) is 0. The number of nitrogens with zero attached hydrogens (tertiary/aromatic N) is 1. The molecule has 6 heteroatoms. The van der Waals surface area contributed by atoms with Crippen LogP contribution in [-0.2, 0) is 14.3 Å². The van der Waals surface area contributed by atoms with E-state index < -0.39 is 17.7 Å². The van der Waals surface area contributed by atoms with Gasteiger partial charge in [-0.25, -0.2) is 0 Å². The molecule has 2 rings (SSSR count). The number of methoxy groups -OCH3 is 1. The second kappa shape index (κ2) is 4.53. The predicted molar refractivity (Wildman–Crippen MR) is 67.6 cm³/mol. The first kappa shape index (κ1) is 12.8. The fraction of sp³-hybridized carbons (Fsp3) is 0.250. The van der Waals surface area contributed by atoms with Crippen LogP contribution in [0, 0.1) is 6.92 Å². The highest BCUT2D eigenvalue weighted by Crippen LogP contribution is 2.34. The smallest absolute Gasteiger partial charge is 0.325 e. The number of ketones is 1. The van der Waals surface area contributed by atoms with E-state index in [1.165, 1.54) is 7.11 Å². The van der Waals surface area contributed by atoms with Crippen LogP contribution in [-0.4, -0.2) is 31.3 Å². The fourth-order valence-corrected chi connectivity index (χ4v) is 2.52. The zero-order valence-electron chi connectivity index (χ0n) is 9.82. The molecule has 0 atom stereocenters. The lowest BCUT2D eigenvalue weighted by atomic mass is 10.1. The lowest BCUT2D eigenvalue weighted by Gasteiger charge is -2.16. The van der Waals surface area contributed by atoms with Crippen LogP contribution in [0.5, 0.6) is 0 Å². The van der Waals surface area contributed by atoms with E-state index >= 15 is 0 Å². The number of fused-ring (bicyclic) bond motifs is 1. The lowest BCUT2D eigenvalue weighted by Crippen LogP contribution is -2.35. The van der Waals surface area contributed by atoms with E-state index in [0.29, 0.717) is 11.3 Å². The summed E-state index contributed by atoms with van der Waals surface area (Å²) in [6, 6.07) is 3.37. The normalized spacial score (nSPS) is 13.8. The van der Waals surface area contributed by atoms with Crippen molar-refractivity contribution < 1.29 is 19.1 Å². The van der Waals surface area contributed by atoms with Crippen molar-refractivity contribution in [3.05, 3.63) is 27.7 Å². The van der Waals surface area contributed by atoms with E-state index in [1.807, 2.05) is 0 Å². The topological polar surface area (TPSA) is 63.7 Å². The van der Waals surface area contributed by atoms with Gasteiger partial charge in [-0.2, -0.15) is 0 Å². The molecule has 1 aromatic rings. The second-order valence-corrected chi connectivity index (χ2v) is 4.83. The molecular weight excluding hydrogens is 302 g/mol. The number of amides is 1. The molecule has 1 aliphatic heterocycles. The molecule has 1 heterocycles. The van der Waals surface area contributed by atoms with Crippen molar-refractivity contribution in [1.29, 1.82) is 0 Å². The average molecular weight is 312 g/mol. The molecule has 0 N–H and O–H groups in total. The monoisotopic (exact) mass is 311 g/mol. The van der Waals surface area contributed by atoms with Crippen LogP contribution in [0.4, 0.5) is 5.69 Å². The zero-order valence-corrected chi connectivity index (χ0v) is 11.4. The highest BCUT2D eigenvalue weighted by atomic mass is 79.9. The van der Waals surface area contributed by atoms with Crippen LogP contribution in [0.15, 0.2) is 16.6 Å². The Kier molecular flexibility index (Phi) is 3.21. The second-order valence-electron chi connectivity index (χ2n) is 3.92. The van der Waals surface area contributed by atoms with Gasteiger partial charge >= 0.3 is 5.97 Å². The van der Waals surface area contributed by atoms with Gasteiger partial charge in [-0.05, 0) is 24.6 Å². The number of esters is 1. The van der Waals surface area contributed by atoms with E-state index in [4.69, 9.17) is 0 Å². The Morgan fingerprint density at radius 2 is 2.06 bits per heavy atom. The summed E-state index contributed by atoms with van der Waals surface area (Å²) in [5, 5.41) is 0. The molecule has 0 saturated heterocycles. The van der Waals surface area contributed by atoms with Gasteiger partial charge in [0, 0.05) is 4.47 Å². The molecule has 18 heavy (non-hydrogen) atoms. The Bertz CT molecular complexity index is 567. The molecule has 0 aromatic heterocycles. The summed E-state index contributed by atoms with van der Waals surface area (Å²) in [4.78, 5) is 36.1. The average Bonchev–Trinajstić information content (AvgIpc) is 2.54. The Morgan fingerprint density at radius 1 is 1.39 bits per heavy atom. The number of aryl methyl sites for hydroxylation is 1. The number of carbonyl (C=O) groups is 3. The SMILES string of the molecule is COC(=O)CN1C(=O)C(=O)c2cc(Br)cc(C)c21. The summed E-state index contributed by atoms with van der Waals surface area (Å²) in [5.41, 5.74) is 1.55. The van der Waals surface area contributed by atoms with E-state index in [0.717, 1.165) is 14.9 Å². The van der Waals surface area contributed by atoms with Crippen molar-refractivity contribution in [2.75, 3.05) is 18.6 Å². The molecule has 0 fully saturated rings. The number of ether oxygens (including phenoxy) is 1. The van der Waals surface area contributed by atoms with Gasteiger partial charge in [0.15, 0.2) is 0 Å². The van der Waals surface area contributed by atoms with Gasteiger partial charge in [0.1, 0.15) is 6.54 Å². The van der Waals surface area contributed by atoms with Gasteiger partial charge in [-0.1, -0.05) is 15.9 Å². The summed E-state index contributed by atoms with van der Waals surface area (Å²) in [6.45, 7) is 1.52. The molecule has 5 nitrogen and oxygen atoms in total. The van der Waals surface area contributed by atoms with Crippen molar-refractivity contribution in [1.82, 2.24) is 0 Å². The number of halogens is 1. The highest BCUT2D eigenvalue weighted by molar-refractivity contribution is 9.10. The third-order valence-corrected chi connectivity index (χ3v) is 3.19. The Labute approximate surface area is 112 Å². The Balaban J connectivity index is 2.51. The maximum absolute atomic E-state index is 11.8. The molecule has 0 aliphatic carbocycles. The molecule has 94 valence electrons. The Hall–Kier alpha value is -1.69. The third kappa shape index (κ3) is 1.92. The first-order chi connectivity index (χ1) is 8.45. The first-order valence-corrected chi connectivity index (χ1v) is 5.98. The number of hydrogen-bond acceptors (Lipinski definition) is 4. The molecular formula is C12H10BrNO4. The van der Waals surface area contributed by atoms with Crippen molar-refractivity contribution >= 4 is 39.3 Å². The number of anilines is 1. The van der Waals surface area contributed by atoms with Gasteiger partial charge in [-0.15, -0.1) is 0 Å². The molecule has 1 aromatic carbocycles. The summed E-state index contributed by atoms with van der Waals surface area (Å²) < 4.78 is 5.24. The van der Waals surface area contributed by atoms with E-state index in [9.17, 15) is 14.4 Å². The van der Waals surface area contributed by atoms with Crippen molar-refractivity contribution in [3.8, 4) is 0 Å². The van der Waals surface area contributed by atoms with E-state index in [1.54, 1.807) is 19.1 Å². The summed E-state index contributed by atoms with van der Waals surface area (Å²) in [6.07, 6.45) is 0. The van der Waals surface area contributed by atoms with Gasteiger partial charge in [0.2, 0.25) is 0 Å². The van der Waals surface area contributed by atoms with Gasteiger partial charge in [-0.3, -0.25) is 19.3 Å². The Morgan fingerprint density at radius 3 is 2.67 bits per heavy atom. The highest BCUT2D eigenvalue weighted by Gasteiger charge is 2.38. The maximum atomic E-state index is 11.8. The number of carbonyl (C=O) groups excluding carboxylic acids is 3. The van der Waals surface area contributed by atoms with Crippen molar-refractivity contribution in [2.24, 2.45) is 0 Å². The van der Waals surface area contributed by atoms with Gasteiger partial charge < -0.3 is 4.74 Å². The molecule has 0 unspecified atom stereocenters. The lowest BCUT2D eigenvalue weighted by molar-refractivity contribution is -0.139. The van der Waals surface area contributed by atoms with Gasteiger partial charge in [0.25, 0.3) is 11.7 Å². The largest absolute Gasteiger partial charge is 0.468 e. The summed E-state index contributed by atoms with van der Waals surface area (Å²) >= 11 is 3.27. The van der Waals surface area contributed by atoms with Gasteiger partial charge in [0.05, 0.1) is 18.4 Å². The number of benzene rings is 1. The molecule has 0 radical (unpaired) electrons. The number of Topliss-reactive ketones (excluding diaryl/α,β-unsaturated/α-hetero) is 1. The van der Waals surface area contributed by atoms with E-state index in [2.05, 4.69) is 20.7 Å². The quantitative estimate of drug-likeness (QED) is 0.613. The van der Waals surface area contributed by atoms with Crippen molar-refractivity contribution in [2.45, 2.75) is 6.92 Å². The molecule has 1 amide bonds. The minimum atomic E-state index is -0.698. The zero-order chi connectivity index (χ0) is 13.4. The summed E-state index contributed by atoms with van der Waals surface area (Å²) in [7, 11) is 1.24. The van der Waals surface area contributed by atoms with Crippen LogP contribution in [0.25, 0.3) is 0 Å². The summed E-state index contributed by atoms with van der Waals surface area (Å²) in [5.74, 6) is -1.86. The molecule has 0 bridgehead atoms. The van der Waals surface area contributed by atoms with Crippen LogP contribution in [0.1, 0.15) is 15.9 Å². The van der Waals surface area contributed by atoms with Crippen LogP contribution >= 0.6 is 15.9 Å². The number of rotatable bonds is 2. The maximum Gasteiger partial charge on any atom is 0.325 e. The molecule has 1 aliphatic rings. The molecule has 0 saturated carbocycles. The first-order valence-electron chi connectivity index (χ1n) is 5.19. The predicted octanol–water partition coefficient (Wildman–Crippen LogP) is 1.46. The third-order valence-electron chi connectivity index (χ3n) is 2.73. The van der Waals surface area contributed by atoms with Crippen LogP contribution in [0.2, 0.25) is 0 Å². The molecule has 0 spiro atoms. The minimum Gasteiger partial charge on any atom is -0.468 e. The van der Waals surface area contributed by atoms with E-state index in [-0.39, 0.29) is 6.54 Å². The minimum absolute atomic E-state index is 0.253.